The molecule has 0 aliphatic rings. The Kier molecular flexibility index (Phi) is 7.37. The Morgan fingerprint density at radius 3 is 2.38 bits per heavy atom. The number of nitrogens with one attached hydrogen (secondary N) is 1. The van der Waals surface area contributed by atoms with E-state index in [1.165, 1.54) is 0 Å². The van der Waals surface area contributed by atoms with E-state index in [1.54, 1.807) is 19.2 Å². The van der Waals surface area contributed by atoms with E-state index in [1.807, 2.05) is 26.0 Å². The summed E-state index contributed by atoms with van der Waals surface area (Å²) in [6.45, 7) is 3.96. The smallest absolute Gasteiger partial charge is 0.133 e. The third-order valence-corrected chi connectivity index (χ3v) is 2.91. The molecule has 4 heteroatoms. The lowest BCUT2D eigenvalue weighted by atomic mass is 9.98. The molecule has 1 aromatic carbocycles. The van der Waals surface area contributed by atoms with E-state index in [0.717, 1.165) is 25.0 Å². The van der Waals surface area contributed by atoms with Gasteiger partial charge in [-0.05, 0) is 25.0 Å². The Labute approximate surface area is 125 Å². The van der Waals surface area contributed by atoms with Crippen molar-refractivity contribution in [3.8, 4) is 0 Å². The van der Waals surface area contributed by atoms with Crippen LogP contribution < -0.4 is 5.43 Å². The summed E-state index contributed by atoms with van der Waals surface area (Å²) in [6, 6.07) is 2.29. The quantitative estimate of drug-likeness (QED) is 0.441. The van der Waals surface area contributed by atoms with Crippen molar-refractivity contribution < 1.29 is 8.78 Å². The van der Waals surface area contributed by atoms with Crippen molar-refractivity contribution in [1.82, 2.24) is 5.43 Å². The number of hydrazone groups is 1. The summed E-state index contributed by atoms with van der Waals surface area (Å²) in [5.74, 6) is -0.912. The standard InChI is InChI=1S/C17H22F2N2/c1-4-6-8-10-16(21-20-3)17-13(9-7-5-2)14(18)11-12-15(17)19/h6-9,11-12,20H,4-5,10H2,1-3H3/b8-6+,9-7-,21-16-. The molecule has 1 aromatic rings. The first-order chi connectivity index (χ1) is 10.2. The van der Waals surface area contributed by atoms with Crippen LogP contribution in [0.1, 0.15) is 44.2 Å². The van der Waals surface area contributed by atoms with E-state index in [-0.39, 0.29) is 11.1 Å². The van der Waals surface area contributed by atoms with Crippen LogP contribution in [0.5, 0.6) is 0 Å². The average molecular weight is 292 g/mol. The van der Waals surface area contributed by atoms with E-state index >= 15 is 0 Å². The third-order valence-electron chi connectivity index (χ3n) is 2.91. The van der Waals surface area contributed by atoms with Gasteiger partial charge in [-0.1, -0.05) is 38.2 Å². The Balaban J connectivity index is 3.35. The summed E-state index contributed by atoms with van der Waals surface area (Å²) in [7, 11) is 1.64. The molecule has 0 saturated carbocycles. The monoisotopic (exact) mass is 292 g/mol. The van der Waals surface area contributed by atoms with Crippen molar-refractivity contribution in [3.05, 3.63) is 53.1 Å². The molecule has 2 nitrogen and oxygen atoms in total. The summed E-state index contributed by atoms with van der Waals surface area (Å²) in [6.07, 6.45) is 9.40. The van der Waals surface area contributed by atoms with Gasteiger partial charge in [0.05, 0.1) is 5.71 Å². The molecule has 21 heavy (non-hydrogen) atoms. The van der Waals surface area contributed by atoms with Gasteiger partial charge < -0.3 is 5.43 Å². The number of halogens is 2. The molecule has 0 radical (unpaired) electrons. The number of nitrogens with zero attached hydrogens (tertiary/aromatic N) is 1. The van der Waals surface area contributed by atoms with Gasteiger partial charge in [-0.3, -0.25) is 0 Å². The second kappa shape index (κ2) is 9.06. The molecule has 0 unspecified atom stereocenters. The summed E-state index contributed by atoms with van der Waals surface area (Å²) >= 11 is 0. The van der Waals surface area contributed by atoms with Crippen LogP contribution in [0.25, 0.3) is 6.08 Å². The minimum atomic E-state index is -0.467. The van der Waals surface area contributed by atoms with Crippen LogP contribution in [0, 0.1) is 11.6 Å². The molecule has 1 N–H and O–H groups in total. The molecular formula is C17H22F2N2. The molecular weight excluding hydrogens is 270 g/mol. The number of hydrogen-bond acceptors (Lipinski definition) is 2. The number of allylic oxidation sites excluding steroid dienone is 3. The lowest BCUT2D eigenvalue weighted by Crippen LogP contribution is -2.11. The van der Waals surface area contributed by atoms with Gasteiger partial charge in [-0.2, -0.15) is 5.10 Å². The zero-order chi connectivity index (χ0) is 15.7. The first-order valence-electron chi connectivity index (χ1n) is 7.18. The molecule has 0 amide bonds. The van der Waals surface area contributed by atoms with Gasteiger partial charge in [0.15, 0.2) is 0 Å². The summed E-state index contributed by atoms with van der Waals surface area (Å²) < 4.78 is 28.2. The summed E-state index contributed by atoms with van der Waals surface area (Å²) in [4.78, 5) is 0. The van der Waals surface area contributed by atoms with Crippen LogP contribution in [0.15, 0.2) is 35.5 Å². The van der Waals surface area contributed by atoms with Gasteiger partial charge in [-0.15, -0.1) is 0 Å². The van der Waals surface area contributed by atoms with E-state index in [2.05, 4.69) is 10.5 Å². The number of rotatable bonds is 7. The van der Waals surface area contributed by atoms with Crippen LogP contribution in [0.4, 0.5) is 8.78 Å². The molecule has 1 rings (SSSR count). The summed E-state index contributed by atoms with van der Waals surface area (Å²) in [5, 5.41) is 4.11. The van der Waals surface area contributed by atoms with Crippen LogP contribution >= 0.6 is 0 Å². The van der Waals surface area contributed by atoms with E-state index in [9.17, 15) is 8.78 Å². The van der Waals surface area contributed by atoms with Gasteiger partial charge in [0.1, 0.15) is 11.6 Å². The largest absolute Gasteiger partial charge is 0.313 e. The highest BCUT2D eigenvalue weighted by Gasteiger charge is 2.16. The fraction of sp³-hybridized carbons (Fsp3) is 0.353. The minimum Gasteiger partial charge on any atom is -0.313 e. The molecule has 0 bridgehead atoms. The van der Waals surface area contributed by atoms with Gasteiger partial charge in [0.2, 0.25) is 0 Å². The van der Waals surface area contributed by atoms with Crippen molar-refractivity contribution >= 4 is 11.8 Å². The topological polar surface area (TPSA) is 24.4 Å². The van der Waals surface area contributed by atoms with Crippen molar-refractivity contribution in [2.45, 2.75) is 33.1 Å². The minimum absolute atomic E-state index is 0.217. The molecule has 0 heterocycles. The highest BCUT2D eigenvalue weighted by atomic mass is 19.1. The normalized spacial score (nSPS) is 12.5. The maximum Gasteiger partial charge on any atom is 0.133 e. The molecule has 0 aliphatic heterocycles. The lowest BCUT2D eigenvalue weighted by Gasteiger charge is -2.11. The van der Waals surface area contributed by atoms with E-state index < -0.39 is 11.6 Å². The van der Waals surface area contributed by atoms with Crippen molar-refractivity contribution in [3.63, 3.8) is 0 Å². The maximum absolute atomic E-state index is 14.2. The average Bonchev–Trinajstić information content (AvgIpc) is 2.47. The lowest BCUT2D eigenvalue weighted by molar-refractivity contribution is 0.595. The second-order valence-corrected chi connectivity index (χ2v) is 4.49. The zero-order valence-electron chi connectivity index (χ0n) is 12.8. The van der Waals surface area contributed by atoms with E-state index in [4.69, 9.17) is 0 Å². The van der Waals surface area contributed by atoms with Crippen molar-refractivity contribution in [1.29, 1.82) is 0 Å². The SMILES string of the molecule is CC/C=C\c1c(F)ccc(F)c1/C(C/C=C/CC)=N\NC. The van der Waals surface area contributed by atoms with Crippen LogP contribution in [0.3, 0.4) is 0 Å². The van der Waals surface area contributed by atoms with Gasteiger partial charge in [-0.25, -0.2) is 8.78 Å². The van der Waals surface area contributed by atoms with E-state index in [0.29, 0.717) is 12.1 Å². The van der Waals surface area contributed by atoms with Gasteiger partial charge >= 0.3 is 0 Å². The molecule has 0 spiro atoms. The van der Waals surface area contributed by atoms with Crippen LogP contribution in [-0.2, 0) is 0 Å². The van der Waals surface area contributed by atoms with Crippen molar-refractivity contribution in [2.75, 3.05) is 7.05 Å². The fourth-order valence-electron chi connectivity index (χ4n) is 1.96. The molecule has 0 fully saturated rings. The molecule has 0 aliphatic carbocycles. The predicted molar refractivity (Wildman–Crippen MR) is 85.3 cm³/mol. The van der Waals surface area contributed by atoms with Gasteiger partial charge in [0.25, 0.3) is 0 Å². The third kappa shape index (κ3) is 4.81. The second-order valence-electron chi connectivity index (χ2n) is 4.49. The molecule has 0 saturated heterocycles. The Hall–Kier alpha value is -1.97. The number of benzene rings is 1. The molecule has 0 aromatic heterocycles. The first-order valence-corrected chi connectivity index (χ1v) is 7.18. The van der Waals surface area contributed by atoms with Crippen LogP contribution in [-0.4, -0.2) is 12.8 Å². The Bertz CT molecular complexity index is 546. The first kappa shape index (κ1) is 17.1. The fourth-order valence-corrected chi connectivity index (χ4v) is 1.96. The number of hydrogen-bond donors (Lipinski definition) is 1. The molecule has 0 atom stereocenters. The van der Waals surface area contributed by atoms with Crippen LogP contribution in [0.2, 0.25) is 0 Å². The molecule has 114 valence electrons. The highest BCUT2D eigenvalue weighted by Crippen LogP contribution is 2.22. The Morgan fingerprint density at radius 2 is 1.76 bits per heavy atom. The van der Waals surface area contributed by atoms with Crippen molar-refractivity contribution in [2.24, 2.45) is 5.10 Å². The summed E-state index contributed by atoms with van der Waals surface area (Å²) in [5.41, 5.74) is 3.61. The zero-order valence-corrected chi connectivity index (χ0v) is 12.8. The predicted octanol–water partition coefficient (Wildman–Crippen LogP) is 4.67. The van der Waals surface area contributed by atoms with Gasteiger partial charge in [0, 0.05) is 24.6 Å². The maximum atomic E-state index is 14.2. The Morgan fingerprint density at radius 1 is 1.10 bits per heavy atom. The highest BCUT2D eigenvalue weighted by molar-refractivity contribution is 6.04.